The maximum absolute atomic E-state index is 12.5. The lowest BCUT2D eigenvalue weighted by Crippen LogP contribution is -2.50. The van der Waals surface area contributed by atoms with Crippen molar-refractivity contribution in [2.75, 3.05) is 39.3 Å². The van der Waals surface area contributed by atoms with Gasteiger partial charge in [0, 0.05) is 52.2 Å². The molecule has 1 aliphatic rings. The molecule has 2 rings (SSSR count). The molecule has 1 aromatic heterocycles. The molecule has 1 unspecified atom stereocenters. The molecule has 0 aromatic carbocycles. The second-order valence-electron chi connectivity index (χ2n) is 5.46. The van der Waals surface area contributed by atoms with E-state index in [1.807, 2.05) is 17.8 Å². The third-order valence-corrected chi connectivity index (χ3v) is 3.90. The van der Waals surface area contributed by atoms with Gasteiger partial charge in [0.2, 0.25) is 5.91 Å². The van der Waals surface area contributed by atoms with Gasteiger partial charge in [0.25, 0.3) is 0 Å². The summed E-state index contributed by atoms with van der Waals surface area (Å²) in [5.41, 5.74) is 0. The number of carbonyl (C=O) groups excluding carboxylic acids is 1. The van der Waals surface area contributed by atoms with Crippen LogP contribution in [0.1, 0.15) is 11.9 Å². The fourth-order valence-electron chi connectivity index (χ4n) is 2.75. The normalized spacial score (nSPS) is 18.9. The van der Waals surface area contributed by atoms with E-state index in [4.69, 9.17) is 0 Å². The third-order valence-electron chi connectivity index (χ3n) is 3.90. The highest BCUT2D eigenvalue weighted by atomic mass is 16.2. The molecule has 1 N–H and O–H groups in total. The summed E-state index contributed by atoms with van der Waals surface area (Å²) in [5.74, 6) is 1.08. The van der Waals surface area contributed by atoms with E-state index in [0.29, 0.717) is 19.6 Å². The Kier molecular flexibility index (Phi) is 5.91. The number of carbonyl (C=O) groups is 1. The second-order valence-corrected chi connectivity index (χ2v) is 5.46. The van der Waals surface area contributed by atoms with Crippen LogP contribution in [0.3, 0.4) is 0 Å². The van der Waals surface area contributed by atoms with Crippen LogP contribution in [0.5, 0.6) is 0 Å². The van der Waals surface area contributed by atoms with E-state index >= 15 is 0 Å². The SMILES string of the molecule is C=CCN(CC=C)C(=O)CN1CCNCC1c1nccn1C. The Balaban J connectivity index is 2.07. The zero-order valence-corrected chi connectivity index (χ0v) is 13.2. The van der Waals surface area contributed by atoms with Crippen molar-refractivity contribution in [2.45, 2.75) is 6.04 Å². The first kappa shape index (κ1) is 16.5. The van der Waals surface area contributed by atoms with Gasteiger partial charge < -0.3 is 14.8 Å². The van der Waals surface area contributed by atoms with E-state index in [1.54, 1.807) is 23.2 Å². The summed E-state index contributed by atoms with van der Waals surface area (Å²) < 4.78 is 2.01. The van der Waals surface area contributed by atoms with E-state index in [2.05, 4.69) is 28.4 Å². The van der Waals surface area contributed by atoms with Gasteiger partial charge in [-0.25, -0.2) is 4.98 Å². The Morgan fingerprint density at radius 2 is 2.23 bits per heavy atom. The molecular formula is C16H25N5O. The van der Waals surface area contributed by atoms with Crippen molar-refractivity contribution in [3.8, 4) is 0 Å². The van der Waals surface area contributed by atoms with Gasteiger partial charge in [-0.3, -0.25) is 9.69 Å². The molecule has 1 amide bonds. The maximum Gasteiger partial charge on any atom is 0.237 e. The molecular weight excluding hydrogens is 278 g/mol. The number of aromatic nitrogens is 2. The molecule has 0 saturated carbocycles. The first-order valence-corrected chi connectivity index (χ1v) is 7.59. The minimum absolute atomic E-state index is 0.0981. The number of amides is 1. The van der Waals surface area contributed by atoms with Gasteiger partial charge in [-0.2, -0.15) is 0 Å². The highest BCUT2D eigenvalue weighted by Gasteiger charge is 2.29. The molecule has 0 aliphatic carbocycles. The molecule has 120 valence electrons. The molecule has 6 heteroatoms. The lowest BCUT2D eigenvalue weighted by atomic mass is 10.1. The van der Waals surface area contributed by atoms with E-state index in [9.17, 15) is 4.79 Å². The third kappa shape index (κ3) is 3.84. The smallest absolute Gasteiger partial charge is 0.237 e. The highest BCUT2D eigenvalue weighted by molar-refractivity contribution is 5.78. The van der Waals surface area contributed by atoms with Gasteiger partial charge in [-0.15, -0.1) is 13.2 Å². The zero-order chi connectivity index (χ0) is 15.9. The molecule has 2 heterocycles. The lowest BCUT2D eigenvalue weighted by Gasteiger charge is -2.36. The first-order valence-electron chi connectivity index (χ1n) is 7.59. The van der Waals surface area contributed by atoms with Gasteiger partial charge in [-0.05, 0) is 0 Å². The van der Waals surface area contributed by atoms with E-state index in [0.717, 1.165) is 25.5 Å². The van der Waals surface area contributed by atoms with Gasteiger partial charge in [0.15, 0.2) is 0 Å². The number of hydrogen-bond donors (Lipinski definition) is 1. The Bertz CT molecular complexity index is 514. The van der Waals surface area contributed by atoms with Crippen molar-refractivity contribution >= 4 is 5.91 Å². The minimum atomic E-state index is 0.0981. The van der Waals surface area contributed by atoms with Crippen molar-refractivity contribution in [1.82, 2.24) is 24.7 Å². The van der Waals surface area contributed by atoms with Crippen LogP contribution in [0.2, 0.25) is 0 Å². The molecule has 0 spiro atoms. The summed E-state index contributed by atoms with van der Waals surface area (Å²) in [5, 5.41) is 3.38. The maximum atomic E-state index is 12.5. The largest absolute Gasteiger partial charge is 0.337 e. The van der Waals surface area contributed by atoms with Crippen LogP contribution in [-0.2, 0) is 11.8 Å². The fraction of sp³-hybridized carbons (Fsp3) is 0.500. The van der Waals surface area contributed by atoms with Crippen molar-refractivity contribution in [3.63, 3.8) is 0 Å². The number of rotatable bonds is 7. The topological polar surface area (TPSA) is 53.4 Å². The van der Waals surface area contributed by atoms with Crippen LogP contribution < -0.4 is 5.32 Å². The number of nitrogens with one attached hydrogen (secondary N) is 1. The Morgan fingerprint density at radius 3 is 2.82 bits per heavy atom. The quantitative estimate of drug-likeness (QED) is 0.748. The summed E-state index contributed by atoms with van der Waals surface area (Å²) in [7, 11) is 1.98. The molecule has 1 aliphatic heterocycles. The number of aryl methyl sites for hydroxylation is 1. The van der Waals surface area contributed by atoms with E-state index in [-0.39, 0.29) is 11.9 Å². The number of imidazole rings is 1. The monoisotopic (exact) mass is 303 g/mol. The average Bonchev–Trinajstić information content (AvgIpc) is 2.93. The van der Waals surface area contributed by atoms with Gasteiger partial charge in [-0.1, -0.05) is 12.2 Å². The molecule has 0 bridgehead atoms. The molecule has 6 nitrogen and oxygen atoms in total. The number of piperazine rings is 1. The summed E-state index contributed by atoms with van der Waals surface area (Å²) in [4.78, 5) is 20.9. The van der Waals surface area contributed by atoms with Crippen molar-refractivity contribution in [1.29, 1.82) is 0 Å². The molecule has 1 aromatic rings. The van der Waals surface area contributed by atoms with Crippen LogP contribution in [0.15, 0.2) is 37.7 Å². The van der Waals surface area contributed by atoms with Crippen LogP contribution in [0.4, 0.5) is 0 Å². The van der Waals surface area contributed by atoms with Gasteiger partial charge in [0.05, 0.1) is 12.6 Å². The summed E-state index contributed by atoms with van der Waals surface area (Å²) in [6.07, 6.45) is 7.22. The number of hydrogen-bond acceptors (Lipinski definition) is 4. The minimum Gasteiger partial charge on any atom is -0.337 e. The Labute approximate surface area is 132 Å². The predicted molar refractivity (Wildman–Crippen MR) is 87.4 cm³/mol. The van der Waals surface area contributed by atoms with E-state index in [1.165, 1.54) is 0 Å². The summed E-state index contributed by atoms with van der Waals surface area (Å²) in [6.45, 7) is 11.4. The second kappa shape index (κ2) is 7.91. The van der Waals surface area contributed by atoms with E-state index < -0.39 is 0 Å². The van der Waals surface area contributed by atoms with Crippen LogP contribution in [-0.4, -0.2) is 64.5 Å². The molecule has 1 atom stereocenters. The average molecular weight is 303 g/mol. The molecule has 22 heavy (non-hydrogen) atoms. The predicted octanol–water partition coefficient (Wildman–Crippen LogP) is 0.567. The number of nitrogens with zero attached hydrogens (tertiary/aromatic N) is 4. The van der Waals surface area contributed by atoms with Crippen LogP contribution >= 0.6 is 0 Å². The lowest BCUT2D eigenvalue weighted by molar-refractivity contribution is -0.132. The Morgan fingerprint density at radius 1 is 1.50 bits per heavy atom. The summed E-state index contributed by atoms with van der Waals surface area (Å²) in [6, 6.07) is 0.118. The molecule has 1 fully saturated rings. The van der Waals surface area contributed by atoms with Crippen molar-refractivity contribution < 1.29 is 4.79 Å². The fourth-order valence-corrected chi connectivity index (χ4v) is 2.75. The van der Waals surface area contributed by atoms with Crippen molar-refractivity contribution in [3.05, 3.63) is 43.5 Å². The van der Waals surface area contributed by atoms with Crippen molar-refractivity contribution in [2.24, 2.45) is 7.05 Å². The zero-order valence-electron chi connectivity index (χ0n) is 13.2. The molecule has 1 saturated heterocycles. The molecule has 0 radical (unpaired) electrons. The Hall–Kier alpha value is -1.92. The first-order chi connectivity index (χ1) is 10.7. The summed E-state index contributed by atoms with van der Waals surface area (Å²) >= 11 is 0. The van der Waals surface area contributed by atoms with Gasteiger partial charge >= 0.3 is 0 Å². The van der Waals surface area contributed by atoms with Gasteiger partial charge in [0.1, 0.15) is 5.82 Å². The standard InChI is InChI=1S/C16H25N5O/c1-4-8-20(9-5-2)15(22)13-21-11-6-17-12-14(21)16-18-7-10-19(16)3/h4-5,7,10,14,17H,1-2,6,8-9,11-13H2,3H3. The van der Waals surface area contributed by atoms with Crippen LogP contribution in [0, 0.1) is 0 Å². The highest BCUT2D eigenvalue weighted by Crippen LogP contribution is 2.20. The van der Waals surface area contributed by atoms with Crippen LogP contribution in [0.25, 0.3) is 0 Å².